The fraction of sp³-hybridized carbons (Fsp3) is 0. The molecule has 0 spiro atoms. The Balaban J connectivity index is 2.36. The van der Waals surface area contributed by atoms with Gasteiger partial charge in [0.05, 0.1) is 12.0 Å². The average Bonchev–Trinajstić information content (AvgIpc) is 2.91. The highest BCUT2D eigenvalue weighted by atomic mass is 16.1. The molecule has 4 nitrogen and oxygen atoms in total. The zero-order valence-corrected chi connectivity index (χ0v) is 9.58. The Labute approximate surface area is 104 Å². The molecule has 0 bridgehead atoms. The maximum atomic E-state index is 11.4. The van der Waals surface area contributed by atoms with Gasteiger partial charge in [0.25, 0.3) is 0 Å². The lowest BCUT2D eigenvalue weighted by Gasteiger charge is -2.09. The van der Waals surface area contributed by atoms with Crippen LogP contribution in [0.5, 0.6) is 0 Å². The standard InChI is InChI=1S/C14H11N3O/c15-14(18)12-5-1-4-11-10(12)3-2-6-13(11)17-8-7-16-9-17/h1-9H,(H2,15,18). The van der Waals surface area contributed by atoms with E-state index in [1.807, 2.05) is 41.1 Å². The minimum absolute atomic E-state index is 0.414. The van der Waals surface area contributed by atoms with Gasteiger partial charge in [-0.05, 0) is 17.5 Å². The summed E-state index contributed by atoms with van der Waals surface area (Å²) in [5, 5.41) is 1.84. The third-order valence-electron chi connectivity index (χ3n) is 2.95. The monoisotopic (exact) mass is 237 g/mol. The van der Waals surface area contributed by atoms with E-state index >= 15 is 0 Å². The zero-order valence-electron chi connectivity index (χ0n) is 9.58. The van der Waals surface area contributed by atoms with Gasteiger partial charge in [-0.3, -0.25) is 4.79 Å². The first-order valence-electron chi connectivity index (χ1n) is 5.57. The fourth-order valence-corrected chi connectivity index (χ4v) is 2.14. The number of rotatable bonds is 2. The summed E-state index contributed by atoms with van der Waals surface area (Å²) >= 11 is 0. The first-order valence-corrected chi connectivity index (χ1v) is 5.57. The van der Waals surface area contributed by atoms with Crippen molar-refractivity contribution in [3.8, 4) is 5.69 Å². The molecule has 3 aromatic rings. The number of imidazole rings is 1. The largest absolute Gasteiger partial charge is 0.366 e. The van der Waals surface area contributed by atoms with Crippen LogP contribution in [-0.2, 0) is 0 Å². The van der Waals surface area contributed by atoms with Crippen LogP contribution in [0.4, 0.5) is 0 Å². The van der Waals surface area contributed by atoms with Crippen molar-refractivity contribution in [3.05, 3.63) is 60.7 Å². The van der Waals surface area contributed by atoms with Gasteiger partial charge >= 0.3 is 0 Å². The Morgan fingerprint density at radius 2 is 1.89 bits per heavy atom. The fourth-order valence-electron chi connectivity index (χ4n) is 2.14. The van der Waals surface area contributed by atoms with Crippen LogP contribution in [0.3, 0.4) is 0 Å². The van der Waals surface area contributed by atoms with Crippen LogP contribution in [-0.4, -0.2) is 15.5 Å². The molecule has 18 heavy (non-hydrogen) atoms. The van der Waals surface area contributed by atoms with Crippen LogP contribution in [0.25, 0.3) is 16.5 Å². The van der Waals surface area contributed by atoms with E-state index in [1.54, 1.807) is 18.6 Å². The number of carbonyl (C=O) groups is 1. The molecule has 1 heterocycles. The van der Waals surface area contributed by atoms with Crippen LogP contribution in [0, 0.1) is 0 Å². The molecule has 2 aromatic carbocycles. The molecule has 0 saturated carbocycles. The first kappa shape index (κ1) is 10.5. The maximum Gasteiger partial charge on any atom is 0.249 e. The van der Waals surface area contributed by atoms with Gasteiger partial charge in [0.1, 0.15) is 0 Å². The Bertz CT molecular complexity index is 717. The molecule has 0 aliphatic carbocycles. The van der Waals surface area contributed by atoms with Gasteiger partial charge in [0.15, 0.2) is 0 Å². The maximum absolute atomic E-state index is 11.4. The molecule has 2 N–H and O–H groups in total. The highest BCUT2D eigenvalue weighted by Gasteiger charge is 2.09. The number of hydrogen-bond acceptors (Lipinski definition) is 2. The van der Waals surface area contributed by atoms with Crippen molar-refractivity contribution in [2.24, 2.45) is 5.73 Å². The van der Waals surface area contributed by atoms with E-state index in [0.717, 1.165) is 16.5 Å². The normalized spacial score (nSPS) is 10.7. The van der Waals surface area contributed by atoms with Crippen LogP contribution in [0.1, 0.15) is 10.4 Å². The number of hydrogen-bond donors (Lipinski definition) is 1. The van der Waals surface area contributed by atoms with Gasteiger partial charge in [-0.15, -0.1) is 0 Å². The lowest BCUT2D eigenvalue weighted by molar-refractivity contribution is 0.100. The minimum Gasteiger partial charge on any atom is -0.366 e. The number of fused-ring (bicyclic) bond motifs is 1. The van der Waals surface area contributed by atoms with Gasteiger partial charge in [-0.1, -0.05) is 24.3 Å². The second kappa shape index (κ2) is 4.00. The van der Waals surface area contributed by atoms with Crippen molar-refractivity contribution < 1.29 is 4.79 Å². The quantitative estimate of drug-likeness (QED) is 0.742. The van der Waals surface area contributed by atoms with E-state index in [-0.39, 0.29) is 0 Å². The van der Waals surface area contributed by atoms with E-state index in [9.17, 15) is 4.79 Å². The second-order valence-electron chi connectivity index (χ2n) is 4.01. The molecule has 1 aromatic heterocycles. The van der Waals surface area contributed by atoms with E-state index in [2.05, 4.69) is 4.98 Å². The third kappa shape index (κ3) is 1.55. The van der Waals surface area contributed by atoms with Crippen LogP contribution >= 0.6 is 0 Å². The molecule has 0 saturated heterocycles. The number of nitrogens with zero attached hydrogens (tertiary/aromatic N) is 2. The number of carbonyl (C=O) groups excluding carboxylic acids is 1. The summed E-state index contributed by atoms with van der Waals surface area (Å²) in [7, 11) is 0. The number of aromatic nitrogens is 2. The number of nitrogens with two attached hydrogens (primary N) is 1. The Morgan fingerprint density at radius 1 is 1.11 bits per heavy atom. The van der Waals surface area contributed by atoms with Crippen molar-refractivity contribution in [1.82, 2.24) is 9.55 Å². The molecule has 0 atom stereocenters. The molecule has 88 valence electrons. The summed E-state index contributed by atoms with van der Waals surface area (Å²) in [6.07, 6.45) is 5.31. The summed E-state index contributed by atoms with van der Waals surface area (Å²) in [5.74, 6) is -0.414. The van der Waals surface area contributed by atoms with Crippen LogP contribution < -0.4 is 5.73 Å². The minimum atomic E-state index is -0.414. The van der Waals surface area contributed by atoms with E-state index in [1.165, 1.54) is 0 Å². The molecule has 1 amide bonds. The van der Waals surface area contributed by atoms with Gasteiger partial charge in [-0.2, -0.15) is 0 Å². The van der Waals surface area contributed by atoms with Gasteiger partial charge in [0.2, 0.25) is 5.91 Å². The Morgan fingerprint density at radius 3 is 2.61 bits per heavy atom. The number of primary amides is 1. The summed E-state index contributed by atoms with van der Waals surface area (Å²) in [6.45, 7) is 0. The predicted octanol–water partition coefficient (Wildman–Crippen LogP) is 2.12. The van der Waals surface area contributed by atoms with Crippen molar-refractivity contribution in [3.63, 3.8) is 0 Å². The summed E-state index contributed by atoms with van der Waals surface area (Å²) in [6, 6.07) is 11.3. The molecule has 0 aliphatic heterocycles. The van der Waals surface area contributed by atoms with Crippen molar-refractivity contribution in [1.29, 1.82) is 0 Å². The lowest BCUT2D eigenvalue weighted by Crippen LogP contribution is -2.11. The van der Waals surface area contributed by atoms with Gasteiger partial charge < -0.3 is 10.3 Å². The Hall–Kier alpha value is -2.62. The van der Waals surface area contributed by atoms with Crippen molar-refractivity contribution in [2.45, 2.75) is 0 Å². The van der Waals surface area contributed by atoms with E-state index in [0.29, 0.717) is 5.56 Å². The number of amides is 1. The Kier molecular flexibility index (Phi) is 2.34. The molecule has 0 unspecified atom stereocenters. The lowest BCUT2D eigenvalue weighted by atomic mass is 10.0. The second-order valence-corrected chi connectivity index (χ2v) is 4.01. The molecule has 0 radical (unpaired) electrons. The summed E-state index contributed by atoms with van der Waals surface area (Å²) in [5.41, 5.74) is 6.91. The third-order valence-corrected chi connectivity index (χ3v) is 2.95. The van der Waals surface area contributed by atoms with Gasteiger partial charge in [-0.25, -0.2) is 4.98 Å². The van der Waals surface area contributed by atoms with Crippen molar-refractivity contribution >= 4 is 16.7 Å². The summed E-state index contributed by atoms with van der Waals surface area (Å²) in [4.78, 5) is 15.5. The molecular formula is C14H11N3O. The average molecular weight is 237 g/mol. The topological polar surface area (TPSA) is 60.9 Å². The van der Waals surface area contributed by atoms with E-state index < -0.39 is 5.91 Å². The SMILES string of the molecule is NC(=O)c1cccc2c(-n3ccnc3)cccc12. The molecule has 0 fully saturated rings. The molecule has 0 aliphatic rings. The molecule has 3 rings (SSSR count). The van der Waals surface area contributed by atoms with E-state index in [4.69, 9.17) is 5.73 Å². The number of benzene rings is 2. The van der Waals surface area contributed by atoms with Crippen LogP contribution in [0.2, 0.25) is 0 Å². The smallest absolute Gasteiger partial charge is 0.249 e. The highest BCUT2D eigenvalue weighted by molar-refractivity contribution is 6.08. The highest BCUT2D eigenvalue weighted by Crippen LogP contribution is 2.24. The summed E-state index contributed by atoms with van der Waals surface area (Å²) < 4.78 is 1.91. The first-order chi connectivity index (χ1) is 8.77. The van der Waals surface area contributed by atoms with Gasteiger partial charge in [0, 0.05) is 23.3 Å². The predicted molar refractivity (Wildman–Crippen MR) is 69.6 cm³/mol. The van der Waals surface area contributed by atoms with Crippen molar-refractivity contribution in [2.75, 3.05) is 0 Å². The zero-order chi connectivity index (χ0) is 12.5. The molecule has 4 heteroatoms. The molecular weight excluding hydrogens is 226 g/mol. The van der Waals surface area contributed by atoms with Crippen LogP contribution in [0.15, 0.2) is 55.1 Å².